The highest BCUT2D eigenvalue weighted by atomic mass is 15.0. The van der Waals surface area contributed by atoms with E-state index in [0.29, 0.717) is 16.7 Å². The summed E-state index contributed by atoms with van der Waals surface area (Å²) in [5, 5.41) is 0. The quantitative estimate of drug-likeness (QED) is 0.770. The van der Waals surface area contributed by atoms with Gasteiger partial charge in [-0.3, -0.25) is 0 Å². The van der Waals surface area contributed by atoms with Crippen molar-refractivity contribution in [3.8, 4) is 0 Å². The maximum atomic E-state index is 4.71. The molecule has 2 aromatic rings. The van der Waals surface area contributed by atoms with Crippen LogP contribution in [0.1, 0.15) is 39.4 Å². The third-order valence-corrected chi connectivity index (χ3v) is 4.70. The van der Waals surface area contributed by atoms with Crippen molar-refractivity contribution < 1.29 is 0 Å². The zero-order chi connectivity index (χ0) is 11.6. The Labute approximate surface area is 96.1 Å². The van der Waals surface area contributed by atoms with Crippen LogP contribution in [0.5, 0.6) is 0 Å². The molecule has 0 amide bonds. The second-order valence-electron chi connectivity index (χ2n) is 6.02. The summed E-state index contributed by atoms with van der Waals surface area (Å²) >= 11 is 0. The van der Waals surface area contributed by atoms with Gasteiger partial charge in [-0.15, -0.1) is 0 Å². The zero-order valence-electron chi connectivity index (χ0n) is 10.3. The summed E-state index contributed by atoms with van der Waals surface area (Å²) in [6, 6.07) is 8.25. The van der Waals surface area contributed by atoms with Gasteiger partial charge in [0.2, 0.25) is 0 Å². The Balaban J connectivity index is 2.09. The third kappa shape index (κ3) is 1.05. The van der Waals surface area contributed by atoms with Gasteiger partial charge in [-0.2, -0.15) is 0 Å². The van der Waals surface area contributed by atoms with E-state index in [4.69, 9.17) is 4.98 Å². The number of aromatic nitrogens is 2. The maximum absolute atomic E-state index is 4.71. The number of H-pyrrole nitrogens is 1. The van der Waals surface area contributed by atoms with Crippen LogP contribution in [-0.2, 0) is 0 Å². The Bertz CT molecular complexity index is 502. The standard InChI is InChI=1S/C14H18N2/c1-13(2)11(14(13,3)4)12-15-9-7-5-6-8-10(9)16-12/h5-8,11H,1-4H3,(H,15,16). The number of rotatable bonds is 1. The molecular weight excluding hydrogens is 196 g/mol. The van der Waals surface area contributed by atoms with Crippen LogP contribution < -0.4 is 0 Å². The molecule has 0 unspecified atom stereocenters. The molecule has 0 spiro atoms. The molecule has 1 fully saturated rings. The van der Waals surface area contributed by atoms with Gasteiger partial charge in [0.05, 0.1) is 11.0 Å². The Hall–Kier alpha value is -1.31. The molecule has 0 bridgehead atoms. The summed E-state index contributed by atoms with van der Waals surface area (Å²) in [6.45, 7) is 9.30. The molecule has 1 aromatic heterocycles. The van der Waals surface area contributed by atoms with Crippen molar-refractivity contribution in [3.05, 3.63) is 30.1 Å². The topological polar surface area (TPSA) is 28.7 Å². The minimum atomic E-state index is 0.348. The Kier molecular flexibility index (Phi) is 1.65. The Morgan fingerprint density at radius 3 is 2.25 bits per heavy atom. The number of nitrogens with one attached hydrogen (secondary N) is 1. The third-order valence-electron chi connectivity index (χ3n) is 4.70. The van der Waals surface area contributed by atoms with Gasteiger partial charge >= 0.3 is 0 Å². The van der Waals surface area contributed by atoms with Crippen molar-refractivity contribution in [2.45, 2.75) is 33.6 Å². The van der Waals surface area contributed by atoms with Crippen LogP contribution in [0.25, 0.3) is 11.0 Å². The molecule has 0 saturated heterocycles. The highest BCUT2D eigenvalue weighted by molar-refractivity contribution is 5.75. The number of aromatic amines is 1. The van der Waals surface area contributed by atoms with Gasteiger partial charge in [-0.05, 0) is 23.0 Å². The van der Waals surface area contributed by atoms with E-state index in [2.05, 4.69) is 44.8 Å². The Morgan fingerprint density at radius 1 is 1.06 bits per heavy atom. The van der Waals surface area contributed by atoms with Crippen LogP contribution in [0, 0.1) is 10.8 Å². The lowest BCUT2D eigenvalue weighted by molar-refractivity contribution is 0.457. The summed E-state index contributed by atoms with van der Waals surface area (Å²) in [5.41, 5.74) is 2.92. The monoisotopic (exact) mass is 214 g/mol. The molecule has 2 nitrogen and oxygen atoms in total. The van der Waals surface area contributed by atoms with E-state index in [1.807, 2.05) is 12.1 Å². The van der Waals surface area contributed by atoms with E-state index < -0.39 is 0 Å². The first-order chi connectivity index (χ1) is 7.44. The van der Waals surface area contributed by atoms with Crippen molar-refractivity contribution in [3.63, 3.8) is 0 Å². The average Bonchev–Trinajstić information content (AvgIpc) is 2.55. The summed E-state index contributed by atoms with van der Waals surface area (Å²) < 4.78 is 0. The molecule has 0 radical (unpaired) electrons. The molecule has 1 heterocycles. The lowest BCUT2D eigenvalue weighted by Gasteiger charge is -2.03. The van der Waals surface area contributed by atoms with Crippen LogP contribution >= 0.6 is 0 Å². The van der Waals surface area contributed by atoms with Crippen LogP contribution in [0.3, 0.4) is 0 Å². The number of hydrogen-bond donors (Lipinski definition) is 1. The van der Waals surface area contributed by atoms with Crippen molar-refractivity contribution in [1.82, 2.24) is 9.97 Å². The van der Waals surface area contributed by atoms with E-state index in [1.165, 1.54) is 0 Å². The fourth-order valence-electron chi connectivity index (χ4n) is 2.99. The molecule has 0 atom stereocenters. The molecular formula is C14H18N2. The first-order valence-corrected chi connectivity index (χ1v) is 5.89. The van der Waals surface area contributed by atoms with Gasteiger partial charge in [-0.25, -0.2) is 4.98 Å². The molecule has 84 valence electrons. The number of fused-ring (bicyclic) bond motifs is 1. The highest BCUT2D eigenvalue weighted by Crippen LogP contribution is 2.73. The largest absolute Gasteiger partial charge is 0.342 e. The minimum absolute atomic E-state index is 0.348. The average molecular weight is 214 g/mol. The summed E-state index contributed by atoms with van der Waals surface area (Å²) in [7, 11) is 0. The first kappa shape index (κ1) is 9.88. The van der Waals surface area contributed by atoms with Crippen LogP contribution in [0.4, 0.5) is 0 Å². The van der Waals surface area contributed by atoms with Crippen molar-refractivity contribution in [2.24, 2.45) is 10.8 Å². The zero-order valence-corrected chi connectivity index (χ0v) is 10.3. The van der Waals surface area contributed by atoms with Gasteiger partial charge in [0.25, 0.3) is 0 Å². The van der Waals surface area contributed by atoms with Crippen LogP contribution in [-0.4, -0.2) is 9.97 Å². The van der Waals surface area contributed by atoms with E-state index in [9.17, 15) is 0 Å². The summed E-state index contributed by atoms with van der Waals surface area (Å²) in [6.07, 6.45) is 0. The number of para-hydroxylation sites is 2. The van der Waals surface area contributed by atoms with Crippen molar-refractivity contribution >= 4 is 11.0 Å². The lowest BCUT2D eigenvalue weighted by atomic mass is 10.0. The fraction of sp³-hybridized carbons (Fsp3) is 0.500. The smallest absolute Gasteiger partial charge is 0.111 e. The van der Waals surface area contributed by atoms with Crippen molar-refractivity contribution in [1.29, 1.82) is 0 Å². The molecule has 2 heteroatoms. The lowest BCUT2D eigenvalue weighted by Crippen LogP contribution is -1.95. The molecule has 0 aliphatic heterocycles. The fourth-order valence-corrected chi connectivity index (χ4v) is 2.99. The molecule has 1 N–H and O–H groups in total. The molecule has 1 aromatic carbocycles. The highest BCUT2D eigenvalue weighted by Gasteiger charge is 2.66. The number of hydrogen-bond acceptors (Lipinski definition) is 1. The molecule has 1 aliphatic rings. The summed E-state index contributed by atoms with van der Waals surface area (Å²) in [5.74, 6) is 1.70. The van der Waals surface area contributed by atoms with Gasteiger partial charge in [0, 0.05) is 5.92 Å². The van der Waals surface area contributed by atoms with Gasteiger partial charge in [0.1, 0.15) is 5.82 Å². The maximum Gasteiger partial charge on any atom is 0.111 e. The summed E-state index contributed by atoms with van der Waals surface area (Å²) in [4.78, 5) is 8.17. The normalized spacial score (nSPS) is 22.5. The van der Waals surface area contributed by atoms with E-state index in [-0.39, 0.29) is 0 Å². The second-order valence-corrected chi connectivity index (χ2v) is 6.02. The first-order valence-electron chi connectivity index (χ1n) is 5.89. The van der Waals surface area contributed by atoms with Crippen LogP contribution in [0.15, 0.2) is 24.3 Å². The van der Waals surface area contributed by atoms with Gasteiger partial charge in [-0.1, -0.05) is 39.8 Å². The Morgan fingerprint density at radius 2 is 1.69 bits per heavy atom. The van der Waals surface area contributed by atoms with Gasteiger partial charge < -0.3 is 4.98 Å². The number of benzene rings is 1. The van der Waals surface area contributed by atoms with E-state index in [0.717, 1.165) is 16.9 Å². The van der Waals surface area contributed by atoms with E-state index in [1.54, 1.807) is 0 Å². The SMILES string of the molecule is CC1(C)C(c2nc3ccccc3[nH]2)C1(C)C. The number of nitrogens with zero attached hydrogens (tertiary/aromatic N) is 1. The van der Waals surface area contributed by atoms with E-state index >= 15 is 0 Å². The predicted molar refractivity (Wildman–Crippen MR) is 66.4 cm³/mol. The van der Waals surface area contributed by atoms with Crippen LogP contribution in [0.2, 0.25) is 0 Å². The van der Waals surface area contributed by atoms with Crippen molar-refractivity contribution in [2.75, 3.05) is 0 Å². The minimum Gasteiger partial charge on any atom is -0.342 e. The second kappa shape index (κ2) is 2.68. The molecule has 1 aliphatic carbocycles. The molecule has 1 saturated carbocycles. The predicted octanol–water partition coefficient (Wildman–Crippen LogP) is 3.71. The number of imidazole rings is 1. The molecule has 16 heavy (non-hydrogen) atoms. The molecule has 3 rings (SSSR count). The van der Waals surface area contributed by atoms with Gasteiger partial charge in [0.15, 0.2) is 0 Å².